The van der Waals surface area contributed by atoms with Gasteiger partial charge in [-0.1, -0.05) is 6.07 Å². The first-order valence-electron chi connectivity index (χ1n) is 8.03. The second-order valence-corrected chi connectivity index (χ2v) is 6.98. The summed E-state index contributed by atoms with van der Waals surface area (Å²) < 4.78 is 2.02. The first-order valence-corrected chi connectivity index (χ1v) is 9.43. The van der Waals surface area contributed by atoms with Crippen molar-refractivity contribution in [3.63, 3.8) is 0 Å². The first kappa shape index (κ1) is 16.3. The Kier molecular flexibility index (Phi) is 5.17. The zero-order valence-electron chi connectivity index (χ0n) is 13.4. The second-order valence-electron chi connectivity index (χ2n) is 6.00. The van der Waals surface area contributed by atoms with E-state index in [0.717, 1.165) is 43.0 Å². The van der Waals surface area contributed by atoms with E-state index < -0.39 is 6.04 Å². The molecule has 2 aromatic heterocycles. The molecule has 0 radical (unpaired) electrons. The molecule has 3 heterocycles. The summed E-state index contributed by atoms with van der Waals surface area (Å²) in [7, 11) is 0. The Labute approximate surface area is 140 Å². The number of nitrogens with two attached hydrogens (primary N) is 1. The molecule has 1 amide bonds. The van der Waals surface area contributed by atoms with Gasteiger partial charge in [-0.05, 0) is 43.4 Å². The molecule has 1 aliphatic rings. The fraction of sp³-hybridized carbons (Fsp3) is 0.562. The average molecular weight is 333 g/mol. The summed E-state index contributed by atoms with van der Waals surface area (Å²) in [6, 6.07) is 5.48. The van der Waals surface area contributed by atoms with Crippen molar-refractivity contribution in [1.29, 1.82) is 0 Å². The van der Waals surface area contributed by atoms with Gasteiger partial charge in [-0.15, -0.1) is 10.2 Å². The molecule has 0 aromatic carbocycles. The molecule has 6 nitrogen and oxygen atoms in total. The van der Waals surface area contributed by atoms with Crippen LogP contribution in [-0.4, -0.2) is 56.5 Å². The van der Waals surface area contributed by atoms with E-state index in [2.05, 4.69) is 10.2 Å². The van der Waals surface area contributed by atoms with Crippen molar-refractivity contribution < 1.29 is 4.79 Å². The molecule has 0 spiro atoms. The summed E-state index contributed by atoms with van der Waals surface area (Å²) in [6.07, 6.45) is 6.75. The highest BCUT2D eigenvalue weighted by atomic mass is 32.2. The highest BCUT2D eigenvalue weighted by Gasteiger charge is 2.29. The van der Waals surface area contributed by atoms with Crippen molar-refractivity contribution >= 4 is 23.3 Å². The number of carbonyl (C=O) groups is 1. The minimum absolute atomic E-state index is 0.0672. The topological polar surface area (TPSA) is 76.5 Å². The van der Waals surface area contributed by atoms with E-state index in [-0.39, 0.29) is 11.8 Å². The van der Waals surface area contributed by atoms with Crippen LogP contribution in [0.2, 0.25) is 0 Å². The lowest BCUT2D eigenvalue weighted by Gasteiger charge is -2.33. The van der Waals surface area contributed by atoms with Crippen LogP contribution in [0.15, 0.2) is 24.4 Å². The Bertz CT molecular complexity index is 673. The highest BCUT2D eigenvalue weighted by molar-refractivity contribution is 7.98. The molecule has 23 heavy (non-hydrogen) atoms. The minimum atomic E-state index is -0.392. The molecule has 3 rings (SSSR count). The van der Waals surface area contributed by atoms with Crippen molar-refractivity contribution in [3.8, 4) is 0 Å². The molecule has 1 fully saturated rings. The van der Waals surface area contributed by atoms with Crippen molar-refractivity contribution in [2.45, 2.75) is 31.2 Å². The fourth-order valence-corrected chi connectivity index (χ4v) is 3.62. The SMILES string of the molecule is CSCC[C@@H](N)C(=O)N1CCC[C@H](c2nnc3ccccn23)C1. The molecule has 0 aliphatic carbocycles. The van der Waals surface area contributed by atoms with E-state index in [4.69, 9.17) is 5.73 Å². The number of likely N-dealkylation sites (tertiary alicyclic amines) is 1. The summed E-state index contributed by atoms with van der Waals surface area (Å²) in [5.41, 5.74) is 6.90. The van der Waals surface area contributed by atoms with Gasteiger partial charge in [0.15, 0.2) is 5.65 Å². The number of aromatic nitrogens is 3. The quantitative estimate of drug-likeness (QED) is 0.898. The maximum atomic E-state index is 12.5. The average Bonchev–Trinajstić information content (AvgIpc) is 3.03. The molecule has 0 bridgehead atoms. The lowest BCUT2D eigenvalue weighted by molar-refractivity contribution is -0.133. The van der Waals surface area contributed by atoms with Gasteiger partial charge in [0, 0.05) is 25.2 Å². The van der Waals surface area contributed by atoms with Gasteiger partial charge in [0.1, 0.15) is 5.82 Å². The summed E-state index contributed by atoms with van der Waals surface area (Å²) in [6.45, 7) is 1.47. The van der Waals surface area contributed by atoms with Crippen LogP contribution in [0.25, 0.3) is 5.65 Å². The Balaban J connectivity index is 1.72. The van der Waals surface area contributed by atoms with Crippen LogP contribution >= 0.6 is 11.8 Å². The maximum Gasteiger partial charge on any atom is 0.239 e. The van der Waals surface area contributed by atoms with E-state index in [1.54, 1.807) is 11.8 Å². The molecule has 7 heteroatoms. The molecular weight excluding hydrogens is 310 g/mol. The van der Waals surface area contributed by atoms with Crippen LogP contribution < -0.4 is 5.73 Å². The number of piperidine rings is 1. The zero-order valence-corrected chi connectivity index (χ0v) is 14.2. The predicted octanol–water partition coefficient (Wildman–Crippen LogP) is 1.52. The Morgan fingerprint density at radius 2 is 2.35 bits per heavy atom. The Hall–Kier alpha value is -1.60. The smallest absolute Gasteiger partial charge is 0.239 e. The van der Waals surface area contributed by atoms with Crippen LogP contribution in [0.5, 0.6) is 0 Å². The third-order valence-corrected chi connectivity index (χ3v) is 5.03. The molecule has 124 valence electrons. The minimum Gasteiger partial charge on any atom is -0.341 e. The summed E-state index contributed by atoms with van der Waals surface area (Å²) in [5, 5.41) is 8.57. The van der Waals surface area contributed by atoms with Crippen molar-refractivity contribution in [1.82, 2.24) is 19.5 Å². The van der Waals surface area contributed by atoms with Gasteiger partial charge in [0.25, 0.3) is 0 Å². The zero-order chi connectivity index (χ0) is 16.2. The standard InChI is InChI=1S/C16H23N5OS/c1-23-10-7-13(17)16(22)20-8-4-5-12(11-20)15-19-18-14-6-2-3-9-21(14)15/h2-3,6,9,12-13H,4-5,7-8,10-11,17H2,1H3/t12-,13+/m0/s1. The van der Waals surface area contributed by atoms with Crippen LogP contribution in [0.3, 0.4) is 0 Å². The van der Waals surface area contributed by atoms with Crippen molar-refractivity contribution in [2.24, 2.45) is 5.73 Å². The highest BCUT2D eigenvalue weighted by Crippen LogP contribution is 2.26. The predicted molar refractivity (Wildman–Crippen MR) is 92.5 cm³/mol. The van der Waals surface area contributed by atoms with Gasteiger partial charge in [0.05, 0.1) is 6.04 Å². The summed E-state index contributed by atoms with van der Waals surface area (Å²) >= 11 is 1.72. The molecule has 2 N–H and O–H groups in total. The molecule has 2 aromatic rings. The van der Waals surface area contributed by atoms with E-state index in [0.29, 0.717) is 6.54 Å². The normalized spacial score (nSPS) is 19.9. The Morgan fingerprint density at radius 1 is 1.48 bits per heavy atom. The first-order chi connectivity index (χ1) is 11.2. The van der Waals surface area contributed by atoms with Crippen LogP contribution in [0, 0.1) is 0 Å². The number of nitrogens with zero attached hydrogens (tertiary/aromatic N) is 4. The largest absolute Gasteiger partial charge is 0.341 e. The number of amides is 1. The number of thioether (sulfide) groups is 1. The number of rotatable bonds is 5. The van der Waals surface area contributed by atoms with E-state index in [9.17, 15) is 4.79 Å². The number of hydrogen-bond donors (Lipinski definition) is 1. The number of hydrogen-bond acceptors (Lipinski definition) is 5. The van der Waals surface area contributed by atoms with Crippen LogP contribution in [-0.2, 0) is 4.79 Å². The van der Waals surface area contributed by atoms with Crippen molar-refractivity contribution in [2.75, 3.05) is 25.1 Å². The van der Waals surface area contributed by atoms with Gasteiger partial charge in [-0.3, -0.25) is 9.20 Å². The van der Waals surface area contributed by atoms with E-state index in [1.807, 2.05) is 40.0 Å². The van der Waals surface area contributed by atoms with E-state index >= 15 is 0 Å². The summed E-state index contributed by atoms with van der Waals surface area (Å²) in [4.78, 5) is 14.4. The van der Waals surface area contributed by atoms with Gasteiger partial charge in [-0.25, -0.2) is 0 Å². The molecule has 2 atom stereocenters. The Morgan fingerprint density at radius 3 is 3.17 bits per heavy atom. The van der Waals surface area contributed by atoms with Crippen LogP contribution in [0.1, 0.15) is 31.0 Å². The lowest BCUT2D eigenvalue weighted by atomic mass is 9.96. The van der Waals surface area contributed by atoms with Crippen LogP contribution in [0.4, 0.5) is 0 Å². The number of fused-ring (bicyclic) bond motifs is 1. The van der Waals surface area contributed by atoms with Gasteiger partial charge >= 0.3 is 0 Å². The monoisotopic (exact) mass is 333 g/mol. The van der Waals surface area contributed by atoms with Gasteiger partial charge in [-0.2, -0.15) is 11.8 Å². The molecule has 0 unspecified atom stereocenters. The lowest BCUT2D eigenvalue weighted by Crippen LogP contribution is -2.48. The molecule has 1 saturated heterocycles. The third kappa shape index (κ3) is 3.50. The van der Waals surface area contributed by atoms with Gasteiger partial charge < -0.3 is 10.6 Å². The molecule has 1 aliphatic heterocycles. The molecule has 0 saturated carbocycles. The maximum absolute atomic E-state index is 12.5. The second kappa shape index (κ2) is 7.31. The number of carbonyl (C=O) groups excluding carboxylic acids is 1. The van der Waals surface area contributed by atoms with Crippen molar-refractivity contribution in [3.05, 3.63) is 30.2 Å². The number of pyridine rings is 1. The van der Waals surface area contributed by atoms with E-state index in [1.165, 1.54) is 0 Å². The molecular formula is C16H23N5OS. The summed E-state index contributed by atoms with van der Waals surface area (Å²) in [5.74, 6) is 2.14. The third-order valence-electron chi connectivity index (χ3n) is 4.39. The van der Waals surface area contributed by atoms with Gasteiger partial charge in [0.2, 0.25) is 5.91 Å². The fourth-order valence-electron chi connectivity index (χ4n) is 3.13.